The highest BCUT2D eigenvalue weighted by molar-refractivity contribution is 7.13. The monoisotopic (exact) mass is 285 g/mol. The van der Waals surface area contributed by atoms with Gasteiger partial charge in [0.2, 0.25) is 0 Å². The summed E-state index contributed by atoms with van der Waals surface area (Å²) < 4.78 is 6.31. The smallest absolute Gasteiger partial charge is 0.336 e. The highest BCUT2D eigenvalue weighted by Gasteiger charge is 2.19. The van der Waals surface area contributed by atoms with Crippen molar-refractivity contribution in [3.05, 3.63) is 53.4 Å². The Balaban J connectivity index is 2.09. The zero-order valence-electron chi connectivity index (χ0n) is 10.7. The molecule has 20 heavy (non-hydrogen) atoms. The zero-order chi connectivity index (χ0) is 13.9. The molecule has 0 saturated heterocycles. The van der Waals surface area contributed by atoms with Gasteiger partial charge in [0, 0.05) is 5.56 Å². The van der Waals surface area contributed by atoms with Crippen LogP contribution in [0.5, 0.6) is 6.01 Å². The molecule has 0 amide bonds. The Kier molecular flexibility index (Phi) is 3.30. The molecule has 6 heteroatoms. The van der Waals surface area contributed by atoms with Crippen LogP contribution in [0, 0.1) is 0 Å². The van der Waals surface area contributed by atoms with E-state index >= 15 is 0 Å². The standard InChI is InChI=1S/C14H11N3O2S/c1-19-14-15-12(11-8-5-9-20-11)17(16-14)13(18)10-6-3-2-4-7-10/h2-9H,1H3. The highest BCUT2D eigenvalue weighted by atomic mass is 32.1. The van der Waals surface area contributed by atoms with Gasteiger partial charge < -0.3 is 4.74 Å². The van der Waals surface area contributed by atoms with Gasteiger partial charge in [-0.2, -0.15) is 9.67 Å². The topological polar surface area (TPSA) is 57.0 Å². The molecule has 0 aliphatic heterocycles. The first-order valence-corrected chi connectivity index (χ1v) is 6.82. The number of methoxy groups -OCH3 is 1. The van der Waals surface area contributed by atoms with E-state index in [0.717, 1.165) is 4.88 Å². The van der Waals surface area contributed by atoms with Gasteiger partial charge in [-0.1, -0.05) is 24.3 Å². The largest absolute Gasteiger partial charge is 0.466 e. The van der Waals surface area contributed by atoms with Crippen molar-refractivity contribution in [1.82, 2.24) is 14.8 Å². The van der Waals surface area contributed by atoms with Gasteiger partial charge in [0.05, 0.1) is 12.0 Å². The van der Waals surface area contributed by atoms with Crippen molar-refractivity contribution in [2.75, 3.05) is 7.11 Å². The molecule has 0 saturated carbocycles. The summed E-state index contributed by atoms with van der Waals surface area (Å²) in [6.07, 6.45) is 0. The Morgan fingerprint density at radius 1 is 1.20 bits per heavy atom. The number of thiophene rings is 1. The maximum absolute atomic E-state index is 12.5. The average Bonchev–Trinajstić information content (AvgIpc) is 3.16. The van der Waals surface area contributed by atoms with Crippen LogP contribution in [0.2, 0.25) is 0 Å². The third-order valence-corrected chi connectivity index (χ3v) is 3.59. The molecule has 2 heterocycles. The van der Waals surface area contributed by atoms with Gasteiger partial charge >= 0.3 is 6.01 Å². The lowest BCUT2D eigenvalue weighted by molar-refractivity contribution is 0.0945. The molecule has 0 bridgehead atoms. The van der Waals surface area contributed by atoms with E-state index in [0.29, 0.717) is 11.4 Å². The zero-order valence-corrected chi connectivity index (χ0v) is 11.5. The maximum atomic E-state index is 12.5. The molecular weight excluding hydrogens is 274 g/mol. The molecule has 0 N–H and O–H groups in total. The first kappa shape index (κ1) is 12.6. The predicted molar refractivity (Wildman–Crippen MR) is 76.1 cm³/mol. The van der Waals surface area contributed by atoms with Gasteiger partial charge in [-0.05, 0) is 23.6 Å². The van der Waals surface area contributed by atoms with Crippen molar-refractivity contribution in [3.8, 4) is 16.7 Å². The summed E-state index contributed by atoms with van der Waals surface area (Å²) in [5.74, 6) is 0.260. The molecule has 0 unspecified atom stereocenters. The fraction of sp³-hybridized carbons (Fsp3) is 0.0714. The number of ether oxygens (including phenoxy) is 1. The van der Waals surface area contributed by atoms with Crippen molar-refractivity contribution in [2.24, 2.45) is 0 Å². The van der Waals surface area contributed by atoms with Gasteiger partial charge in [-0.15, -0.1) is 16.4 Å². The van der Waals surface area contributed by atoms with Crippen molar-refractivity contribution >= 4 is 17.2 Å². The molecule has 3 rings (SSSR count). The van der Waals surface area contributed by atoms with Crippen LogP contribution >= 0.6 is 11.3 Å². The lowest BCUT2D eigenvalue weighted by Gasteiger charge is -2.02. The van der Waals surface area contributed by atoms with Crippen LogP contribution < -0.4 is 4.74 Å². The summed E-state index contributed by atoms with van der Waals surface area (Å²) in [5, 5.41) is 6.03. The summed E-state index contributed by atoms with van der Waals surface area (Å²) in [6.45, 7) is 0. The second kappa shape index (κ2) is 5.26. The predicted octanol–water partition coefficient (Wildman–Crippen LogP) is 2.70. The second-order valence-electron chi connectivity index (χ2n) is 3.98. The number of aromatic nitrogens is 3. The highest BCUT2D eigenvalue weighted by Crippen LogP contribution is 2.25. The maximum Gasteiger partial charge on any atom is 0.336 e. The van der Waals surface area contributed by atoms with Crippen LogP contribution in [-0.4, -0.2) is 27.8 Å². The Labute approximate surface area is 119 Å². The van der Waals surface area contributed by atoms with Crippen LogP contribution in [0.4, 0.5) is 0 Å². The number of nitrogens with zero attached hydrogens (tertiary/aromatic N) is 3. The second-order valence-corrected chi connectivity index (χ2v) is 4.93. The molecule has 3 aromatic rings. The first-order valence-electron chi connectivity index (χ1n) is 5.94. The molecule has 5 nitrogen and oxygen atoms in total. The first-order chi connectivity index (χ1) is 9.79. The third kappa shape index (κ3) is 2.21. The molecule has 2 aromatic heterocycles. The number of benzene rings is 1. The molecular formula is C14H11N3O2S. The van der Waals surface area contributed by atoms with E-state index in [1.807, 2.05) is 35.7 Å². The number of carbonyl (C=O) groups is 1. The van der Waals surface area contributed by atoms with E-state index in [-0.39, 0.29) is 11.9 Å². The number of carbonyl (C=O) groups excluding carboxylic acids is 1. The lowest BCUT2D eigenvalue weighted by Crippen LogP contribution is -2.14. The lowest BCUT2D eigenvalue weighted by atomic mass is 10.2. The normalized spacial score (nSPS) is 10.4. The van der Waals surface area contributed by atoms with Crippen molar-refractivity contribution < 1.29 is 9.53 Å². The van der Waals surface area contributed by atoms with Gasteiger partial charge in [-0.25, -0.2) is 0 Å². The van der Waals surface area contributed by atoms with E-state index in [1.165, 1.54) is 23.1 Å². The quantitative estimate of drug-likeness (QED) is 0.742. The summed E-state index contributed by atoms with van der Waals surface area (Å²) >= 11 is 1.50. The molecule has 1 aromatic carbocycles. The van der Waals surface area contributed by atoms with Crippen molar-refractivity contribution in [3.63, 3.8) is 0 Å². The van der Waals surface area contributed by atoms with Gasteiger partial charge in [-0.3, -0.25) is 4.79 Å². The Morgan fingerprint density at radius 3 is 2.65 bits per heavy atom. The van der Waals surface area contributed by atoms with Crippen LogP contribution in [0.3, 0.4) is 0 Å². The van der Waals surface area contributed by atoms with E-state index in [4.69, 9.17) is 4.74 Å². The van der Waals surface area contributed by atoms with Crippen LogP contribution in [-0.2, 0) is 0 Å². The average molecular weight is 285 g/mol. The fourth-order valence-corrected chi connectivity index (χ4v) is 2.49. The summed E-state index contributed by atoms with van der Waals surface area (Å²) in [6, 6.07) is 12.9. The van der Waals surface area contributed by atoms with E-state index in [2.05, 4.69) is 10.1 Å². The molecule has 0 aliphatic rings. The molecule has 0 atom stereocenters. The van der Waals surface area contributed by atoms with Gasteiger partial charge in [0.25, 0.3) is 5.91 Å². The van der Waals surface area contributed by atoms with E-state index < -0.39 is 0 Å². The van der Waals surface area contributed by atoms with Crippen LogP contribution in [0.15, 0.2) is 47.8 Å². The van der Waals surface area contributed by atoms with Crippen molar-refractivity contribution in [2.45, 2.75) is 0 Å². The molecule has 100 valence electrons. The summed E-state index contributed by atoms with van der Waals surface area (Å²) in [4.78, 5) is 17.6. The Hall–Kier alpha value is -2.47. The van der Waals surface area contributed by atoms with E-state index in [9.17, 15) is 4.79 Å². The number of rotatable bonds is 3. The van der Waals surface area contributed by atoms with E-state index in [1.54, 1.807) is 12.1 Å². The van der Waals surface area contributed by atoms with Gasteiger partial charge in [0.15, 0.2) is 5.82 Å². The van der Waals surface area contributed by atoms with Crippen LogP contribution in [0.25, 0.3) is 10.7 Å². The van der Waals surface area contributed by atoms with Crippen molar-refractivity contribution in [1.29, 1.82) is 0 Å². The minimum atomic E-state index is -0.232. The summed E-state index contributed by atoms with van der Waals surface area (Å²) in [7, 11) is 1.48. The molecule has 0 aliphatic carbocycles. The minimum absolute atomic E-state index is 0.178. The Morgan fingerprint density at radius 2 is 2.00 bits per heavy atom. The Bertz CT molecular complexity index is 720. The number of hydrogen-bond acceptors (Lipinski definition) is 5. The van der Waals surface area contributed by atoms with Gasteiger partial charge in [0.1, 0.15) is 0 Å². The summed E-state index contributed by atoms with van der Waals surface area (Å²) in [5.41, 5.74) is 0.554. The number of hydrogen-bond donors (Lipinski definition) is 0. The molecule has 0 radical (unpaired) electrons. The SMILES string of the molecule is COc1nc(-c2cccs2)n(C(=O)c2ccccc2)n1. The molecule has 0 spiro atoms. The van der Waals surface area contributed by atoms with Crippen LogP contribution in [0.1, 0.15) is 10.4 Å². The fourth-order valence-electron chi connectivity index (χ4n) is 1.79. The third-order valence-electron chi connectivity index (χ3n) is 2.72. The molecule has 0 fully saturated rings. The minimum Gasteiger partial charge on any atom is -0.466 e.